The first-order chi connectivity index (χ1) is 10.8. The molecule has 1 aliphatic rings. The van der Waals surface area contributed by atoms with Crippen molar-refractivity contribution < 1.29 is 9.53 Å². The molecule has 116 valence electrons. The van der Waals surface area contributed by atoms with Crippen molar-refractivity contribution in [3.8, 4) is 0 Å². The van der Waals surface area contributed by atoms with Crippen LogP contribution in [0.2, 0.25) is 0 Å². The Morgan fingerprint density at radius 1 is 1.36 bits per heavy atom. The third-order valence-corrected chi connectivity index (χ3v) is 4.04. The van der Waals surface area contributed by atoms with Crippen molar-refractivity contribution >= 4 is 5.97 Å². The second-order valence-electron chi connectivity index (χ2n) is 5.54. The van der Waals surface area contributed by atoms with Gasteiger partial charge in [-0.25, -0.2) is 14.5 Å². The van der Waals surface area contributed by atoms with Crippen LogP contribution in [0.3, 0.4) is 0 Å². The zero-order valence-corrected chi connectivity index (χ0v) is 12.7. The van der Waals surface area contributed by atoms with Crippen LogP contribution < -0.4 is 0 Å². The van der Waals surface area contributed by atoms with E-state index in [4.69, 9.17) is 0 Å². The van der Waals surface area contributed by atoms with Crippen LogP contribution in [0.15, 0.2) is 36.7 Å². The Hall–Kier alpha value is -2.21. The number of rotatable bonds is 5. The maximum absolute atomic E-state index is 11.4. The molecule has 1 atom stereocenters. The maximum atomic E-state index is 11.4. The van der Waals surface area contributed by atoms with E-state index in [1.165, 1.54) is 25.5 Å². The lowest BCUT2D eigenvalue weighted by molar-refractivity contribution is 0.0585. The number of esters is 1. The lowest BCUT2D eigenvalue weighted by Gasteiger charge is -2.24. The number of carbonyl (C=O) groups is 1. The van der Waals surface area contributed by atoms with E-state index in [-0.39, 0.29) is 5.82 Å². The Morgan fingerprint density at radius 2 is 2.18 bits per heavy atom. The fourth-order valence-electron chi connectivity index (χ4n) is 2.93. The Kier molecular flexibility index (Phi) is 4.48. The van der Waals surface area contributed by atoms with Gasteiger partial charge in [0.15, 0.2) is 0 Å². The summed E-state index contributed by atoms with van der Waals surface area (Å²) in [5.41, 5.74) is 1.35. The second kappa shape index (κ2) is 6.70. The Labute approximate surface area is 129 Å². The lowest BCUT2D eigenvalue weighted by atomic mass is 10.0. The largest absolute Gasteiger partial charge is 0.463 e. The summed E-state index contributed by atoms with van der Waals surface area (Å²) in [6.45, 7) is 1.70. The van der Waals surface area contributed by atoms with E-state index in [0.29, 0.717) is 12.7 Å². The van der Waals surface area contributed by atoms with E-state index >= 15 is 0 Å². The first-order valence-corrected chi connectivity index (χ1v) is 7.52. The number of likely N-dealkylation sites (tertiary alicyclic amines) is 1. The summed E-state index contributed by atoms with van der Waals surface area (Å²) >= 11 is 0. The van der Waals surface area contributed by atoms with E-state index in [9.17, 15) is 4.79 Å². The predicted molar refractivity (Wildman–Crippen MR) is 81.2 cm³/mol. The van der Waals surface area contributed by atoms with Crippen molar-refractivity contribution in [2.45, 2.75) is 32.0 Å². The summed E-state index contributed by atoms with van der Waals surface area (Å²) in [6.07, 6.45) is 5.01. The average Bonchev–Trinajstić information content (AvgIpc) is 3.18. The van der Waals surface area contributed by atoms with Gasteiger partial charge in [-0.2, -0.15) is 0 Å². The molecule has 0 N–H and O–H groups in total. The number of benzene rings is 1. The quantitative estimate of drug-likeness (QED) is 0.787. The number of carbonyl (C=O) groups excluding carboxylic acids is 1. The summed E-state index contributed by atoms with van der Waals surface area (Å²) in [5.74, 6) is -0.387. The molecule has 6 heteroatoms. The highest BCUT2D eigenvalue weighted by Crippen LogP contribution is 2.21. The molecule has 22 heavy (non-hydrogen) atoms. The third kappa shape index (κ3) is 3.33. The number of hydrogen-bond acceptors (Lipinski definition) is 5. The van der Waals surface area contributed by atoms with Crippen LogP contribution in [0.5, 0.6) is 0 Å². The van der Waals surface area contributed by atoms with Gasteiger partial charge in [0.2, 0.25) is 0 Å². The zero-order chi connectivity index (χ0) is 15.4. The van der Waals surface area contributed by atoms with Gasteiger partial charge in [-0.05, 0) is 24.8 Å². The first kappa shape index (κ1) is 14.7. The lowest BCUT2D eigenvalue weighted by Crippen LogP contribution is -2.33. The van der Waals surface area contributed by atoms with Crippen LogP contribution in [0.4, 0.5) is 0 Å². The summed E-state index contributed by atoms with van der Waals surface area (Å²) in [4.78, 5) is 17.8. The minimum Gasteiger partial charge on any atom is -0.463 e. The number of ether oxygens (including phenoxy) is 1. The zero-order valence-electron chi connectivity index (χ0n) is 12.7. The van der Waals surface area contributed by atoms with Crippen LogP contribution in [-0.4, -0.2) is 45.3 Å². The van der Waals surface area contributed by atoms with Gasteiger partial charge in [-0.1, -0.05) is 30.3 Å². The molecule has 1 fully saturated rings. The van der Waals surface area contributed by atoms with Gasteiger partial charge >= 0.3 is 5.97 Å². The van der Waals surface area contributed by atoms with Gasteiger partial charge in [0, 0.05) is 12.6 Å². The maximum Gasteiger partial charge on any atom is 0.377 e. The monoisotopic (exact) mass is 300 g/mol. The molecule has 0 saturated carbocycles. The van der Waals surface area contributed by atoms with Gasteiger partial charge in [-0.15, -0.1) is 5.10 Å². The van der Waals surface area contributed by atoms with Gasteiger partial charge in [0.25, 0.3) is 5.82 Å². The third-order valence-electron chi connectivity index (χ3n) is 4.04. The minimum atomic E-state index is -0.499. The molecule has 2 aromatic rings. The summed E-state index contributed by atoms with van der Waals surface area (Å²) in [6, 6.07) is 11.0. The number of hydrogen-bond donors (Lipinski definition) is 0. The number of nitrogens with zero attached hydrogens (tertiary/aromatic N) is 4. The van der Waals surface area contributed by atoms with Crippen LogP contribution in [0, 0.1) is 0 Å². The molecular formula is C16H20N4O2. The van der Waals surface area contributed by atoms with Crippen LogP contribution in [0.25, 0.3) is 0 Å². The van der Waals surface area contributed by atoms with Gasteiger partial charge in [0.1, 0.15) is 6.33 Å². The molecule has 1 unspecified atom stereocenters. The standard InChI is InChI=1S/C16H20N4O2/c1-22-16(21)15-17-11-20(18-15)12-19-9-5-8-14(19)10-13-6-3-2-4-7-13/h2-4,6-7,11,14H,5,8-10,12H2,1H3. The van der Waals surface area contributed by atoms with Crippen molar-refractivity contribution in [1.29, 1.82) is 0 Å². The van der Waals surface area contributed by atoms with Crippen LogP contribution in [-0.2, 0) is 17.8 Å². The van der Waals surface area contributed by atoms with E-state index in [1.807, 2.05) is 6.07 Å². The summed E-state index contributed by atoms with van der Waals surface area (Å²) in [5, 5.41) is 4.18. The highest BCUT2D eigenvalue weighted by Gasteiger charge is 2.25. The van der Waals surface area contributed by atoms with E-state index in [0.717, 1.165) is 13.0 Å². The predicted octanol–water partition coefficient (Wildman–Crippen LogP) is 1.73. The molecule has 3 rings (SSSR count). The topological polar surface area (TPSA) is 60.2 Å². The van der Waals surface area contributed by atoms with Gasteiger partial charge in [-0.3, -0.25) is 4.90 Å². The van der Waals surface area contributed by atoms with Crippen LogP contribution >= 0.6 is 0 Å². The molecule has 1 aliphatic heterocycles. The fourth-order valence-corrected chi connectivity index (χ4v) is 2.93. The molecule has 0 radical (unpaired) electrons. The minimum absolute atomic E-state index is 0.112. The van der Waals surface area contributed by atoms with E-state index in [2.05, 4.69) is 44.0 Å². The Morgan fingerprint density at radius 3 is 2.95 bits per heavy atom. The smallest absolute Gasteiger partial charge is 0.377 e. The molecule has 0 spiro atoms. The van der Waals surface area contributed by atoms with Crippen molar-refractivity contribution in [3.63, 3.8) is 0 Å². The van der Waals surface area contributed by atoms with Gasteiger partial charge < -0.3 is 4.74 Å². The Balaban J connectivity index is 1.63. The Bertz CT molecular complexity index is 626. The van der Waals surface area contributed by atoms with Gasteiger partial charge in [0.05, 0.1) is 13.8 Å². The molecule has 1 aromatic heterocycles. The first-order valence-electron chi connectivity index (χ1n) is 7.52. The summed E-state index contributed by atoms with van der Waals surface area (Å²) < 4.78 is 6.33. The van der Waals surface area contributed by atoms with Crippen molar-refractivity contribution in [2.75, 3.05) is 13.7 Å². The van der Waals surface area contributed by atoms with E-state index in [1.54, 1.807) is 11.0 Å². The second-order valence-corrected chi connectivity index (χ2v) is 5.54. The van der Waals surface area contributed by atoms with E-state index < -0.39 is 5.97 Å². The highest BCUT2D eigenvalue weighted by molar-refractivity contribution is 5.84. The SMILES string of the molecule is COC(=O)c1ncn(CN2CCCC2Cc2ccccc2)n1. The van der Waals surface area contributed by atoms with Crippen molar-refractivity contribution in [2.24, 2.45) is 0 Å². The molecule has 1 aromatic carbocycles. The number of methoxy groups -OCH3 is 1. The molecule has 6 nitrogen and oxygen atoms in total. The number of aromatic nitrogens is 3. The van der Waals surface area contributed by atoms with Crippen molar-refractivity contribution in [3.05, 3.63) is 48.0 Å². The molecular weight excluding hydrogens is 280 g/mol. The highest BCUT2D eigenvalue weighted by atomic mass is 16.5. The fraction of sp³-hybridized carbons (Fsp3) is 0.438. The summed E-state index contributed by atoms with van der Waals surface area (Å²) in [7, 11) is 1.33. The molecule has 0 bridgehead atoms. The molecule has 1 saturated heterocycles. The normalized spacial score (nSPS) is 18.5. The molecule has 0 amide bonds. The van der Waals surface area contributed by atoms with Crippen LogP contribution in [0.1, 0.15) is 29.0 Å². The molecule has 0 aliphatic carbocycles. The molecule has 2 heterocycles. The van der Waals surface area contributed by atoms with Crippen molar-refractivity contribution in [1.82, 2.24) is 19.7 Å². The average molecular weight is 300 g/mol.